The van der Waals surface area contributed by atoms with E-state index in [2.05, 4.69) is 15.5 Å². The van der Waals surface area contributed by atoms with Crippen LogP contribution in [0.5, 0.6) is 0 Å². The summed E-state index contributed by atoms with van der Waals surface area (Å²) in [5.41, 5.74) is 0.820. The van der Waals surface area contributed by atoms with Crippen molar-refractivity contribution >= 4 is 34.0 Å². The molecule has 0 radical (unpaired) electrons. The molecular formula is C21H26FN5O2S. The van der Waals surface area contributed by atoms with Crippen LogP contribution in [0.4, 0.5) is 20.0 Å². The number of hydrogen-bond acceptors (Lipinski definition) is 6. The number of urea groups is 1. The lowest BCUT2D eigenvalue weighted by Crippen LogP contribution is -2.50. The molecule has 160 valence electrons. The van der Waals surface area contributed by atoms with Crippen molar-refractivity contribution in [3.8, 4) is 0 Å². The predicted octanol–water partition coefficient (Wildman–Crippen LogP) is 4.28. The van der Waals surface area contributed by atoms with Gasteiger partial charge in [0.2, 0.25) is 5.13 Å². The molecule has 0 spiro atoms. The van der Waals surface area contributed by atoms with Gasteiger partial charge in [-0.15, -0.1) is 10.2 Å². The lowest BCUT2D eigenvalue weighted by atomic mass is 9.90. The number of aromatic nitrogens is 2. The highest BCUT2D eigenvalue weighted by atomic mass is 32.1. The molecule has 0 bridgehead atoms. The Morgan fingerprint density at radius 3 is 2.50 bits per heavy atom. The van der Waals surface area contributed by atoms with Gasteiger partial charge in [0.1, 0.15) is 10.8 Å². The summed E-state index contributed by atoms with van der Waals surface area (Å²) in [4.78, 5) is 27.6. The first-order chi connectivity index (χ1) is 14.5. The van der Waals surface area contributed by atoms with Crippen LogP contribution >= 0.6 is 11.3 Å². The fourth-order valence-corrected chi connectivity index (χ4v) is 5.01. The van der Waals surface area contributed by atoms with Crippen LogP contribution in [0.25, 0.3) is 0 Å². The molecule has 1 aromatic heterocycles. The Labute approximate surface area is 179 Å². The second-order valence-electron chi connectivity index (χ2n) is 7.91. The summed E-state index contributed by atoms with van der Waals surface area (Å²) in [6.45, 7) is 3.42. The molecule has 1 saturated heterocycles. The van der Waals surface area contributed by atoms with Crippen LogP contribution in [0.3, 0.4) is 0 Å². The second kappa shape index (κ2) is 9.07. The van der Waals surface area contributed by atoms with Crippen molar-refractivity contribution in [1.82, 2.24) is 15.1 Å². The van der Waals surface area contributed by atoms with Crippen LogP contribution in [0.15, 0.2) is 18.2 Å². The average molecular weight is 432 g/mol. The topological polar surface area (TPSA) is 78.4 Å². The normalized spacial score (nSPS) is 17.8. The number of benzene rings is 1. The quantitative estimate of drug-likeness (QED) is 0.731. The van der Waals surface area contributed by atoms with Gasteiger partial charge in [-0.3, -0.25) is 10.1 Å². The van der Waals surface area contributed by atoms with E-state index in [0.717, 1.165) is 17.8 Å². The summed E-state index contributed by atoms with van der Waals surface area (Å²) < 4.78 is 14.4. The van der Waals surface area contributed by atoms with Crippen LogP contribution in [0.1, 0.15) is 60.3 Å². The van der Waals surface area contributed by atoms with Crippen molar-refractivity contribution in [2.45, 2.75) is 44.9 Å². The number of rotatable bonds is 4. The number of carbonyl (C=O) groups excluding carboxylic acids is 2. The van der Waals surface area contributed by atoms with E-state index in [9.17, 15) is 14.0 Å². The second-order valence-corrected chi connectivity index (χ2v) is 8.92. The Bertz CT molecular complexity index is 920. The molecule has 1 aromatic carbocycles. The highest BCUT2D eigenvalue weighted by Gasteiger charge is 2.25. The number of piperazine rings is 1. The standard InChI is InChI=1S/C21H26FN5O2S/c1-14(28)16-7-8-18(17(22)13-16)26-9-11-27(12-10-26)21(29)23-20-25-24-19(30-20)15-5-3-2-4-6-15/h7-8,13,15H,2-6,9-12H2,1H3,(H,23,25,29). The Kier molecular flexibility index (Phi) is 6.26. The van der Waals surface area contributed by atoms with Crippen molar-refractivity contribution in [3.63, 3.8) is 0 Å². The molecule has 2 heterocycles. The monoisotopic (exact) mass is 431 g/mol. The van der Waals surface area contributed by atoms with E-state index in [0.29, 0.717) is 48.5 Å². The first-order valence-corrected chi connectivity index (χ1v) is 11.3. The van der Waals surface area contributed by atoms with Gasteiger partial charge in [0.15, 0.2) is 5.78 Å². The van der Waals surface area contributed by atoms with Crippen LogP contribution in [0, 0.1) is 5.82 Å². The Morgan fingerprint density at radius 2 is 1.83 bits per heavy atom. The fourth-order valence-electron chi connectivity index (χ4n) is 4.10. The van der Waals surface area contributed by atoms with Crippen LogP contribution in [-0.4, -0.2) is 53.1 Å². The molecule has 2 aromatic rings. The third-order valence-corrected chi connectivity index (χ3v) is 6.87. The fraction of sp³-hybridized carbons (Fsp3) is 0.524. The van der Waals surface area contributed by atoms with Crippen molar-refractivity contribution in [3.05, 3.63) is 34.6 Å². The largest absolute Gasteiger partial charge is 0.366 e. The number of carbonyl (C=O) groups is 2. The van der Waals surface area contributed by atoms with Crippen molar-refractivity contribution in [1.29, 1.82) is 0 Å². The van der Waals surface area contributed by atoms with E-state index >= 15 is 0 Å². The summed E-state index contributed by atoms with van der Waals surface area (Å²) in [6, 6.07) is 4.35. The minimum Gasteiger partial charge on any atom is -0.366 e. The molecule has 2 fully saturated rings. The van der Waals surface area contributed by atoms with E-state index in [-0.39, 0.29) is 11.8 Å². The van der Waals surface area contributed by atoms with Crippen molar-refractivity contribution < 1.29 is 14.0 Å². The third kappa shape index (κ3) is 4.61. The van der Waals surface area contributed by atoms with Gasteiger partial charge in [-0.1, -0.05) is 30.6 Å². The Hall–Kier alpha value is -2.55. The average Bonchev–Trinajstić information content (AvgIpc) is 3.23. The summed E-state index contributed by atoms with van der Waals surface area (Å²) >= 11 is 1.47. The molecule has 1 aliphatic heterocycles. The first-order valence-electron chi connectivity index (χ1n) is 10.5. The van der Waals surface area contributed by atoms with Crippen molar-refractivity contribution in [2.75, 3.05) is 36.4 Å². The maximum atomic E-state index is 14.4. The molecule has 30 heavy (non-hydrogen) atoms. The zero-order valence-corrected chi connectivity index (χ0v) is 17.9. The molecule has 4 rings (SSSR count). The number of halogens is 1. The number of nitrogens with one attached hydrogen (secondary N) is 1. The van der Waals surface area contributed by atoms with Crippen LogP contribution < -0.4 is 10.2 Å². The van der Waals surface area contributed by atoms with Crippen molar-refractivity contribution in [2.24, 2.45) is 0 Å². The maximum absolute atomic E-state index is 14.4. The number of Topliss-reactive ketones (excluding diaryl/α,β-unsaturated/α-hetero) is 1. The molecule has 1 N–H and O–H groups in total. The van der Waals surface area contributed by atoms with Crippen LogP contribution in [0.2, 0.25) is 0 Å². The lowest BCUT2D eigenvalue weighted by Gasteiger charge is -2.36. The number of hydrogen-bond donors (Lipinski definition) is 1. The number of amides is 2. The lowest BCUT2D eigenvalue weighted by molar-refractivity contribution is 0.101. The van der Waals surface area contributed by atoms with Gasteiger partial charge in [-0.05, 0) is 38.0 Å². The highest BCUT2D eigenvalue weighted by Crippen LogP contribution is 2.35. The molecule has 2 aliphatic rings. The predicted molar refractivity (Wildman–Crippen MR) is 115 cm³/mol. The van der Waals surface area contributed by atoms with Crippen LogP contribution in [-0.2, 0) is 0 Å². The molecule has 7 nitrogen and oxygen atoms in total. The third-order valence-electron chi connectivity index (χ3n) is 5.87. The van der Waals surface area contributed by atoms with Gasteiger partial charge in [0, 0.05) is 37.7 Å². The zero-order chi connectivity index (χ0) is 21.1. The summed E-state index contributed by atoms with van der Waals surface area (Å²) in [5, 5.41) is 12.8. The molecule has 0 unspecified atom stereocenters. The van der Waals surface area contributed by atoms with Gasteiger partial charge in [-0.25, -0.2) is 9.18 Å². The number of ketones is 1. The number of nitrogens with zero attached hydrogens (tertiary/aromatic N) is 4. The summed E-state index contributed by atoms with van der Waals surface area (Å²) in [7, 11) is 0. The summed E-state index contributed by atoms with van der Waals surface area (Å²) in [6.07, 6.45) is 6.04. The smallest absolute Gasteiger partial charge is 0.323 e. The van der Waals surface area contributed by atoms with Gasteiger partial charge < -0.3 is 9.80 Å². The van der Waals surface area contributed by atoms with E-state index in [4.69, 9.17) is 0 Å². The molecular weight excluding hydrogens is 405 g/mol. The van der Waals surface area contributed by atoms with E-state index < -0.39 is 5.82 Å². The molecule has 2 amide bonds. The minimum absolute atomic E-state index is 0.162. The Morgan fingerprint density at radius 1 is 1.10 bits per heavy atom. The summed E-state index contributed by atoms with van der Waals surface area (Å²) in [5.74, 6) is -0.107. The SMILES string of the molecule is CC(=O)c1ccc(N2CCN(C(=O)Nc3nnc(C4CCCCC4)s3)CC2)c(F)c1. The maximum Gasteiger partial charge on any atom is 0.323 e. The van der Waals surface area contributed by atoms with E-state index in [1.165, 1.54) is 43.6 Å². The highest BCUT2D eigenvalue weighted by molar-refractivity contribution is 7.15. The van der Waals surface area contributed by atoms with Gasteiger partial charge in [0.05, 0.1) is 5.69 Å². The van der Waals surface area contributed by atoms with Gasteiger partial charge >= 0.3 is 6.03 Å². The molecule has 1 saturated carbocycles. The van der Waals surface area contributed by atoms with Gasteiger partial charge in [0.25, 0.3) is 0 Å². The number of anilines is 2. The molecule has 9 heteroatoms. The molecule has 0 atom stereocenters. The zero-order valence-electron chi connectivity index (χ0n) is 17.1. The Balaban J connectivity index is 1.31. The van der Waals surface area contributed by atoms with E-state index in [1.54, 1.807) is 17.0 Å². The van der Waals surface area contributed by atoms with E-state index in [1.807, 2.05) is 4.90 Å². The first kappa shape index (κ1) is 20.7. The minimum atomic E-state index is -0.412. The van der Waals surface area contributed by atoms with Gasteiger partial charge in [-0.2, -0.15) is 0 Å². The molecule has 1 aliphatic carbocycles.